The van der Waals surface area contributed by atoms with Gasteiger partial charge in [-0.2, -0.15) is 5.26 Å². The molecule has 0 aliphatic carbocycles. The lowest BCUT2D eigenvalue weighted by Crippen LogP contribution is -2.35. The number of nitrogens with one attached hydrogen (secondary N) is 1. The maximum Gasteiger partial charge on any atom is 0.125 e. The Labute approximate surface area is 103 Å². The summed E-state index contributed by atoms with van der Waals surface area (Å²) in [5.74, 6) is 0.824. The second kappa shape index (κ2) is 6.15. The lowest BCUT2D eigenvalue weighted by atomic mass is 9.92. The molecule has 1 rings (SSSR count). The van der Waals surface area contributed by atoms with E-state index < -0.39 is 5.54 Å². The molecule has 1 aromatic rings. The summed E-state index contributed by atoms with van der Waals surface area (Å²) in [6.45, 7) is 4.13. The minimum absolute atomic E-state index is 0.455. The molecule has 17 heavy (non-hydrogen) atoms. The van der Waals surface area contributed by atoms with Crippen LogP contribution in [0.2, 0.25) is 0 Å². The average molecular weight is 232 g/mol. The first-order valence-corrected chi connectivity index (χ1v) is 6.03. The van der Waals surface area contributed by atoms with E-state index in [4.69, 9.17) is 4.74 Å². The molecule has 1 aromatic carbocycles. The van der Waals surface area contributed by atoms with Crippen LogP contribution in [0.1, 0.15) is 33.1 Å². The van der Waals surface area contributed by atoms with E-state index in [9.17, 15) is 5.26 Å². The van der Waals surface area contributed by atoms with Gasteiger partial charge in [-0.1, -0.05) is 20.3 Å². The maximum atomic E-state index is 9.33. The van der Waals surface area contributed by atoms with Crippen LogP contribution < -0.4 is 10.1 Å². The molecular weight excluding hydrogens is 212 g/mol. The topological polar surface area (TPSA) is 45.0 Å². The Morgan fingerprint density at radius 3 is 2.35 bits per heavy atom. The molecular formula is C14H20N2O. The number of rotatable bonds is 6. The molecule has 92 valence electrons. The van der Waals surface area contributed by atoms with Gasteiger partial charge in [0.1, 0.15) is 11.3 Å². The number of ether oxygens (including phenoxy) is 1. The van der Waals surface area contributed by atoms with Gasteiger partial charge in [-0.25, -0.2) is 0 Å². The van der Waals surface area contributed by atoms with Gasteiger partial charge in [0.25, 0.3) is 0 Å². The quantitative estimate of drug-likeness (QED) is 0.815. The molecule has 0 radical (unpaired) electrons. The number of hydrogen-bond acceptors (Lipinski definition) is 3. The van der Waals surface area contributed by atoms with E-state index in [2.05, 4.69) is 18.3 Å². The fraction of sp³-hybridized carbons (Fsp3) is 0.500. The summed E-state index contributed by atoms with van der Waals surface area (Å²) >= 11 is 0. The number of benzene rings is 1. The van der Waals surface area contributed by atoms with E-state index in [-0.39, 0.29) is 0 Å². The molecule has 0 aromatic heterocycles. The zero-order valence-electron chi connectivity index (χ0n) is 10.8. The molecule has 0 fully saturated rings. The lowest BCUT2D eigenvalue weighted by Gasteiger charge is -2.27. The summed E-state index contributed by atoms with van der Waals surface area (Å²) in [7, 11) is 1.64. The van der Waals surface area contributed by atoms with Gasteiger partial charge in [0.15, 0.2) is 0 Å². The van der Waals surface area contributed by atoms with Crippen molar-refractivity contribution in [1.82, 2.24) is 0 Å². The first-order valence-electron chi connectivity index (χ1n) is 6.03. The predicted molar refractivity (Wildman–Crippen MR) is 70.2 cm³/mol. The minimum atomic E-state index is -0.455. The molecule has 0 spiro atoms. The molecule has 1 N–H and O–H groups in total. The molecule has 0 bridgehead atoms. The Kier molecular flexibility index (Phi) is 4.84. The molecule has 0 saturated carbocycles. The minimum Gasteiger partial charge on any atom is -0.497 e. The van der Waals surface area contributed by atoms with Gasteiger partial charge in [0, 0.05) is 5.69 Å². The first kappa shape index (κ1) is 13.4. The van der Waals surface area contributed by atoms with Crippen molar-refractivity contribution in [3.05, 3.63) is 24.3 Å². The molecule has 1 unspecified atom stereocenters. The first-order chi connectivity index (χ1) is 8.19. The number of nitriles is 1. The monoisotopic (exact) mass is 232 g/mol. The van der Waals surface area contributed by atoms with Crippen LogP contribution in [0.5, 0.6) is 5.75 Å². The van der Waals surface area contributed by atoms with Gasteiger partial charge >= 0.3 is 0 Å². The van der Waals surface area contributed by atoms with Gasteiger partial charge < -0.3 is 10.1 Å². The largest absolute Gasteiger partial charge is 0.497 e. The molecule has 3 nitrogen and oxygen atoms in total. The van der Waals surface area contributed by atoms with E-state index in [0.29, 0.717) is 0 Å². The summed E-state index contributed by atoms with van der Waals surface area (Å²) in [4.78, 5) is 0. The van der Waals surface area contributed by atoms with E-state index in [1.807, 2.05) is 31.2 Å². The van der Waals surface area contributed by atoms with Gasteiger partial charge in [-0.15, -0.1) is 0 Å². The van der Waals surface area contributed by atoms with Crippen LogP contribution in [0, 0.1) is 11.3 Å². The van der Waals surface area contributed by atoms with Gasteiger partial charge in [0.2, 0.25) is 0 Å². The fourth-order valence-corrected chi connectivity index (χ4v) is 1.87. The highest BCUT2D eigenvalue weighted by Crippen LogP contribution is 2.24. The third-order valence-electron chi connectivity index (χ3n) is 2.97. The third kappa shape index (κ3) is 3.39. The molecule has 0 aliphatic rings. The number of methoxy groups -OCH3 is 1. The van der Waals surface area contributed by atoms with Gasteiger partial charge in [-0.3, -0.25) is 0 Å². The van der Waals surface area contributed by atoms with Gasteiger partial charge in [-0.05, 0) is 37.1 Å². The van der Waals surface area contributed by atoms with E-state index >= 15 is 0 Å². The highest BCUT2D eigenvalue weighted by atomic mass is 16.5. The molecule has 1 atom stereocenters. The van der Waals surface area contributed by atoms with Crippen LogP contribution in [-0.2, 0) is 0 Å². The summed E-state index contributed by atoms with van der Waals surface area (Å²) in [6.07, 6.45) is 2.64. The standard InChI is InChI=1S/C14H20N2O/c1-4-10-14(5-2,11-15)16-12-6-8-13(17-3)9-7-12/h6-9,16H,4-5,10H2,1-3H3. The van der Waals surface area contributed by atoms with Crippen molar-refractivity contribution >= 4 is 5.69 Å². The Bertz CT molecular complexity index is 380. The van der Waals surface area contributed by atoms with Gasteiger partial charge in [0.05, 0.1) is 13.2 Å². The van der Waals surface area contributed by atoms with Crippen molar-refractivity contribution in [2.75, 3.05) is 12.4 Å². The Morgan fingerprint density at radius 2 is 1.94 bits per heavy atom. The predicted octanol–water partition coefficient (Wildman–Crippen LogP) is 3.58. The second-order valence-corrected chi connectivity index (χ2v) is 4.15. The molecule has 0 saturated heterocycles. The van der Waals surface area contributed by atoms with E-state index in [0.717, 1.165) is 30.7 Å². The van der Waals surface area contributed by atoms with Crippen molar-refractivity contribution in [2.45, 2.75) is 38.6 Å². The normalized spacial score (nSPS) is 13.5. The summed E-state index contributed by atoms with van der Waals surface area (Å²) < 4.78 is 5.11. The zero-order chi connectivity index (χ0) is 12.7. The van der Waals surface area contributed by atoms with Crippen molar-refractivity contribution in [3.63, 3.8) is 0 Å². The fourth-order valence-electron chi connectivity index (χ4n) is 1.87. The van der Waals surface area contributed by atoms with Crippen LogP contribution in [0.15, 0.2) is 24.3 Å². The smallest absolute Gasteiger partial charge is 0.125 e. The Balaban J connectivity index is 2.82. The highest BCUT2D eigenvalue weighted by Gasteiger charge is 2.26. The number of nitrogens with zero attached hydrogens (tertiary/aromatic N) is 1. The van der Waals surface area contributed by atoms with Crippen LogP contribution in [0.3, 0.4) is 0 Å². The van der Waals surface area contributed by atoms with Crippen molar-refractivity contribution in [3.8, 4) is 11.8 Å². The Morgan fingerprint density at radius 1 is 1.29 bits per heavy atom. The lowest BCUT2D eigenvalue weighted by molar-refractivity contribution is 0.415. The van der Waals surface area contributed by atoms with Crippen molar-refractivity contribution in [1.29, 1.82) is 5.26 Å². The maximum absolute atomic E-state index is 9.33. The Hall–Kier alpha value is -1.69. The summed E-state index contributed by atoms with van der Waals surface area (Å²) in [6, 6.07) is 10.1. The van der Waals surface area contributed by atoms with Crippen molar-refractivity contribution in [2.24, 2.45) is 0 Å². The molecule has 3 heteroatoms. The number of hydrogen-bond donors (Lipinski definition) is 1. The van der Waals surface area contributed by atoms with Crippen molar-refractivity contribution < 1.29 is 4.74 Å². The molecule has 0 amide bonds. The van der Waals surface area contributed by atoms with Crippen LogP contribution >= 0.6 is 0 Å². The van der Waals surface area contributed by atoms with E-state index in [1.165, 1.54) is 0 Å². The third-order valence-corrected chi connectivity index (χ3v) is 2.97. The molecule has 0 aliphatic heterocycles. The van der Waals surface area contributed by atoms with Crippen LogP contribution in [-0.4, -0.2) is 12.6 Å². The van der Waals surface area contributed by atoms with Crippen LogP contribution in [0.4, 0.5) is 5.69 Å². The second-order valence-electron chi connectivity index (χ2n) is 4.15. The SMILES string of the molecule is CCCC(C#N)(CC)Nc1ccc(OC)cc1. The average Bonchev–Trinajstić information content (AvgIpc) is 2.39. The zero-order valence-corrected chi connectivity index (χ0v) is 10.8. The van der Waals surface area contributed by atoms with Crippen LogP contribution in [0.25, 0.3) is 0 Å². The summed E-state index contributed by atoms with van der Waals surface area (Å²) in [5.41, 5.74) is 0.506. The van der Waals surface area contributed by atoms with E-state index in [1.54, 1.807) is 7.11 Å². The highest BCUT2D eigenvalue weighted by molar-refractivity contribution is 5.50. The number of anilines is 1. The molecule has 0 heterocycles. The summed E-state index contributed by atoms with van der Waals surface area (Å²) in [5, 5.41) is 12.7.